The molecule has 0 saturated heterocycles. The first-order chi connectivity index (χ1) is 12.7. The van der Waals surface area contributed by atoms with Gasteiger partial charge in [-0.15, -0.1) is 0 Å². The second-order valence-corrected chi connectivity index (χ2v) is 6.94. The van der Waals surface area contributed by atoms with Crippen LogP contribution in [0.2, 0.25) is 0 Å². The van der Waals surface area contributed by atoms with E-state index in [4.69, 9.17) is 0 Å². The van der Waals surface area contributed by atoms with E-state index in [0.717, 1.165) is 48.9 Å². The summed E-state index contributed by atoms with van der Waals surface area (Å²) in [6.45, 7) is 3.27. The Balaban J connectivity index is 1.79. The molecule has 2 nitrogen and oxygen atoms in total. The molecule has 0 saturated carbocycles. The van der Waals surface area contributed by atoms with E-state index in [2.05, 4.69) is 41.0 Å². The van der Waals surface area contributed by atoms with E-state index in [1.807, 2.05) is 0 Å². The molecule has 3 aromatic rings. The molecule has 5 rings (SSSR count). The van der Waals surface area contributed by atoms with E-state index in [0.29, 0.717) is 5.56 Å². The van der Waals surface area contributed by atoms with Gasteiger partial charge in [-0.25, -0.2) is 8.78 Å². The third kappa shape index (κ3) is 2.45. The highest BCUT2D eigenvalue weighted by atomic mass is 19.1. The van der Waals surface area contributed by atoms with Crippen LogP contribution in [0.15, 0.2) is 48.5 Å². The molecule has 0 atom stereocenters. The Morgan fingerprint density at radius 1 is 0.615 bits per heavy atom. The quantitative estimate of drug-likeness (QED) is 0.712. The van der Waals surface area contributed by atoms with E-state index in [9.17, 15) is 8.78 Å². The van der Waals surface area contributed by atoms with Crippen LogP contribution in [-0.2, 0) is 26.2 Å². The fraction of sp³-hybridized carbons (Fsp3) is 0.182. The van der Waals surface area contributed by atoms with Crippen molar-refractivity contribution in [3.05, 3.63) is 82.4 Å². The van der Waals surface area contributed by atoms with Crippen molar-refractivity contribution >= 4 is 0 Å². The molecule has 0 bridgehead atoms. The van der Waals surface area contributed by atoms with Gasteiger partial charge in [0.25, 0.3) is 0 Å². The SMILES string of the molecule is Fc1ccc(-c2cc3c(cc2-c2cccc4c2CNC4)CNC3)c(F)c1. The fourth-order valence-corrected chi connectivity index (χ4v) is 4.09. The van der Waals surface area contributed by atoms with Gasteiger partial charge in [-0.3, -0.25) is 0 Å². The predicted octanol–water partition coefficient (Wildman–Crippen LogP) is 4.51. The van der Waals surface area contributed by atoms with Gasteiger partial charge in [0.05, 0.1) is 0 Å². The van der Waals surface area contributed by atoms with Crippen LogP contribution in [0.1, 0.15) is 22.3 Å². The average Bonchev–Trinajstić information content (AvgIpc) is 3.29. The van der Waals surface area contributed by atoms with Crippen molar-refractivity contribution in [2.75, 3.05) is 0 Å². The van der Waals surface area contributed by atoms with Crippen molar-refractivity contribution < 1.29 is 8.78 Å². The topological polar surface area (TPSA) is 24.1 Å². The molecule has 0 aromatic heterocycles. The van der Waals surface area contributed by atoms with Crippen molar-refractivity contribution in [1.82, 2.24) is 10.6 Å². The zero-order chi connectivity index (χ0) is 17.7. The second kappa shape index (κ2) is 6.01. The Kier molecular flexibility index (Phi) is 3.62. The summed E-state index contributed by atoms with van der Waals surface area (Å²) >= 11 is 0. The van der Waals surface area contributed by atoms with Crippen LogP contribution in [-0.4, -0.2) is 0 Å². The van der Waals surface area contributed by atoms with Crippen molar-refractivity contribution in [3.8, 4) is 22.3 Å². The number of benzene rings is 3. The Hall–Kier alpha value is -2.56. The van der Waals surface area contributed by atoms with Crippen molar-refractivity contribution in [3.63, 3.8) is 0 Å². The van der Waals surface area contributed by atoms with Crippen LogP contribution in [0.4, 0.5) is 8.78 Å². The number of hydrogen-bond donors (Lipinski definition) is 2. The van der Waals surface area contributed by atoms with Gasteiger partial charge in [0.2, 0.25) is 0 Å². The maximum atomic E-state index is 14.6. The van der Waals surface area contributed by atoms with Gasteiger partial charge in [0.1, 0.15) is 11.6 Å². The van der Waals surface area contributed by atoms with Gasteiger partial charge in [0.15, 0.2) is 0 Å². The van der Waals surface area contributed by atoms with Crippen molar-refractivity contribution in [2.45, 2.75) is 26.2 Å². The van der Waals surface area contributed by atoms with E-state index in [1.165, 1.54) is 28.3 Å². The summed E-state index contributed by atoms with van der Waals surface area (Å²) in [6, 6.07) is 14.3. The summed E-state index contributed by atoms with van der Waals surface area (Å²) in [5.41, 5.74) is 8.38. The number of rotatable bonds is 2. The van der Waals surface area contributed by atoms with Crippen molar-refractivity contribution in [1.29, 1.82) is 0 Å². The molecule has 0 fully saturated rings. The zero-order valence-corrected chi connectivity index (χ0v) is 14.2. The van der Waals surface area contributed by atoms with Gasteiger partial charge in [0, 0.05) is 37.8 Å². The summed E-state index contributed by atoms with van der Waals surface area (Å²) in [4.78, 5) is 0. The second-order valence-electron chi connectivity index (χ2n) is 6.94. The van der Waals surface area contributed by atoms with Crippen LogP contribution in [0.5, 0.6) is 0 Å². The first-order valence-corrected chi connectivity index (χ1v) is 8.84. The number of hydrogen-bond acceptors (Lipinski definition) is 2. The Morgan fingerprint density at radius 3 is 2.08 bits per heavy atom. The van der Waals surface area contributed by atoms with Gasteiger partial charge in [-0.05, 0) is 63.2 Å². The van der Waals surface area contributed by atoms with E-state index in [-0.39, 0.29) is 0 Å². The molecule has 2 N–H and O–H groups in total. The molecule has 3 aromatic carbocycles. The normalized spacial score (nSPS) is 15.2. The average molecular weight is 348 g/mol. The lowest BCUT2D eigenvalue weighted by atomic mass is 9.88. The largest absolute Gasteiger partial charge is 0.309 e. The highest BCUT2D eigenvalue weighted by Crippen LogP contribution is 2.40. The summed E-state index contributed by atoms with van der Waals surface area (Å²) < 4.78 is 28.0. The van der Waals surface area contributed by atoms with Gasteiger partial charge in [-0.2, -0.15) is 0 Å². The Labute approximate surface area is 150 Å². The minimum absolute atomic E-state index is 0.444. The van der Waals surface area contributed by atoms with Crippen LogP contribution in [0, 0.1) is 11.6 Å². The van der Waals surface area contributed by atoms with Gasteiger partial charge < -0.3 is 10.6 Å². The highest BCUT2D eigenvalue weighted by molar-refractivity contribution is 5.87. The molecular formula is C22H18F2N2. The van der Waals surface area contributed by atoms with Crippen LogP contribution < -0.4 is 10.6 Å². The van der Waals surface area contributed by atoms with E-state index >= 15 is 0 Å². The van der Waals surface area contributed by atoms with Crippen LogP contribution >= 0.6 is 0 Å². The smallest absolute Gasteiger partial charge is 0.133 e. The number of fused-ring (bicyclic) bond motifs is 2. The first-order valence-electron chi connectivity index (χ1n) is 8.84. The highest BCUT2D eigenvalue weighted by Gasteiger charge is 2.22. The predicted molar refractivity (Wildman–Crippen MR) is 98.3 cm³/mol. The molecule has 26 heavy (non-hydrogen) atoms. The minimum Gasteiger partial charge on any atom is -0.309 e. The molecule has 4 heteroatoms. The molecule has 130 valence electrons. The third-order valence-electron chi connectivity index (χ3n) is 5.37. The van der Waals surface area contributed by atoms with E-state index < -0.39 is 11.6 Å². The molecule has 0 radical (unpaired) electrons. The molecule has 2 aliphatic rings. The Bertz CT molecular complexity index is 1030. The molecule has 0 amide bonds. The standard InChI is InChI=1S/C22H18F2N2/c23-16-4-5-18(22(24)8-16)20-7-15-11-25-10-14(15)6-19(20)17-3-1-2-13-9-26-12-21(13)17/h1-8,25-26H,9-12H2. The lowest BCUT2D eigenvalue weighted by Crippen LogP contribution is -2.01. The lowest BCUT2D eigenvalue weighted by Gasteiger charge is -2.16. The number of nitrogens with one attached hydrogen (secondary N) is 2. The van der Waals surface area contributed by atoms with Crippen LogP contribution in [0.3, 0.4) is 0 Å². The summed E-state index contributed by atoms with van der Waals surface area (Å²) in [5.74, 6) is -1.08. The first kappa shape index (κ1) is 15.7. The maximum Gasteiger partial charge on any atom is 0.133 e. The van der Waals surface area contributed by atoms with Gasteiger partial charge >= 0.3 is 0 Å². The fourth-order valence-electron chi connectivity index (χ4n) is 4.09. The minimum atomic E-state index is -0.555. The summed E-state index contributed by atoms with van der Waals surface area (Å²) in [5, 5.41) is 6.75. The van der Waals surface area contributed by atoms with Crippen LogP contribution in [0.25, 0.3) is 22.3 Å². The molecule has 0 aliphatic carbocycles. The molecular weight excluding hydrogens is 330 g/mol. The maximum absolute atomic E-state index is 14.6. The Morgan fingerprint density at radius 2 is 1.31 bits per heavy atom. The monoisotopic (exact) mass is 348 g/mol. The summed E-state index contributed by atoms with van der Waals surface area (Å²) in [7, 11) is 0. The van der Waals surface area contributed by atoms with E-state index in [1.54, 1.807) is 6.07 Å². The van der Waals surface area contributed by atoms with Crippen molar-refractivity contribution in [2.24, 2.45) is 0 Å². The molecule has 2 aliphatic heterocycles. The third-order valence-corrected chi connectivity index (χ3v) is 5.37. The molecule has 0 unspecified atom stereocenters. The van der Waals surface area contributed by atoms with Gasteiger partial charge in [-0.1, -0.05) is 18.2 Å². The molecule has 0 spiro atoms. The lowest BCUT2D eigenvalue weighted by molar-refractivity contribution is 0.585. The number of halogens is 2. The molecule has 2 heterocycles. The summed E-state index contributed by atoms with van der Waals surface area (Å²) in [6.07, 6.45) is 0. The zero-order valence-electron chi connectivity index (χ0n) is 14.2.